The van der Waals surface area contributed by atoms with Gasteiger partial charge in [-0.1, -0.05) is 55.3 Å². The minimum absolute atomic E-state index is 0.325. The molecule has 0 amide bonds. The van der Waals surface area contributed by atoms with Crippen molar-refractivity contribution in [2.45, 2.75) is 30.6 Å². The molecule has 8 heteroatoms. The van der Waals surface area contributed by atoms with Crippen LogP contribution in [-0.2, 0) is 10.0 Å². The Kier molecular flexibility index (Phi) is 6.56. The molecule has 2 aromatic carbocycles. The van der Waals surface area contributed by atoms with Crippen molar-refractivity contribution in [2.24, 2.45) is 5.10 Å². The number of sulfonamides is 1. The Morgan fingerprint density at radius 3 is 2.53 bits per heavy atom. The van der Waals surface area contributed by atoms with Crippen LogP contribution in [0.3, 0.4) is 0 Å². The van der Waals surface area contributed by atoms with Gasteiger partial charge in [0.15, 0.2) is 0 Å². The van der Waals surface area contributed by atoms with E-state index in [-0.39, 0.29) is 0 Å². The molecule has 0 radical (unpaired) electrons. The maximum atomic E-state index is 13.1. The van der Waals surface area contributed by atoms with Crippen molar-refractivity contribution in [3.05, 3.63) is 65.5 Å². The van der Waals surface area contributed by atoms with Gasteiger partial charge in [-0.2, -0.15) is 9.41 Å². The van der Waals surface area contributed by atoms with Crippen LogP contribution >= 0.6 is 11.3 Å². The second kappa shape index (κ2) is 9.51. The van der Waals surface area contributed by atoms with Crippen molar-refractivity contribution >= 4 is 32.7 Å². The molecule has 0 bridgehead atoms. The average molecular weight is 441 g/mol. The highest BCUT2D eigenvalue weighted by Crippen LogP contribution is 2.28. The van der Waals surface area contributed by atoms with Gasteiger partial charge in [0.2, 0.25) is 15.2 Å². The first-order valence-corrected chi connectivity index (χ1v) is 12.4. The van der Waals surface area contributed by atoms with E-state index in [1.54, 1.807) is 28.7 Å². The predicted octanol–water partition coefficient (Wildman–Crippen LogP) is 4.82. The van der Waals surface area contributed by atoms with Gasteiger partial charge in [0, 0.05) is 24.0 Å². The third-order valence-corrected chi connectivity index (χ3v) is 7.65. The minimum Gasteiger partial charge on any atom is -0.253 e. The van der Waals surface area contributed by atoms with Crippen LogP contribution in [-0.4, -0.2) is 37.0 Å². The van der Waals surface area contributed by atoms with Crippen LogP contribution in [0.4, 0.5) is 5.13 Å². The monoisotopic (exact) mass is 440 g/mol. The van der Waals surface area contributed by atoms with E-state index >= 15 is 0 Å². The molecule has 0 saturated carbocycles. The molecule has 4 rings (SSSR count). The zero-order valence-electron chi connectivity index (χ0n) is 16.6. The molecule has 1 N–H and O–H groups in total. The zero-order chi connectivity index (χ0) is 20.8. The maximum absolute atomic E-state index is 13.1. The second-order valence-corrected chi connectivity index (χ2v) is 9.96. The molecule has 1 aromatic heterocycles. The van der Waals surface area contributed by atoms with Crippen molar-refractivity contribution in [2.75, 3.05) is 18.5 Å². The Morgan fingerprint density at radius 2 is 1.77 bits per heavy atom. The molecule has 0 spiro atoms. The summed E-state index contributed by atoms with van der Waals surface area (Å²) in [5.41, 5.74) is 5.44. The van der Waals surface area contributed by atoms with E-state index in [1.807, 2.05) is 41.8 Å². The molecule has 1 fully saturated rings. The Bertz CT molecular complexity index is 1100. The molecule has 1 aliphatic rings. The number of rotatable bonds is 6. The fourth-order valence-electron chi connectivity index (χ4n) is 3.41. The summed E-state index contributed by atoms with van der Waals surface area (Å²) in [5, 5.41) is 6.77. The first-order chi connectivity index (χ1) is 14.6. The Morgan fingerprint density at radius 1 is 1.00 bits per heavy atom. The van der Waals surface area contributed by atoms with E-state index in [0.29, 0.717) is 23.1 Å². The lowest BCUT2D eigenvalue weighted by Crippen LogP contribution is -2.31. The van der Waals surface area contributed by atoms with Crippen LogP contribution in [0.15, 0.2) is 70.0 Å². The van der Waals surface area contributed by atoms with Crippen molar-refractivity contribution in [1.29, 1.82) is 0 Å². The Balaban J connectivity index is 1.49. The van der Waals surface area contributed by atoms with E-state index in [9.17, 15) is 8.42 Å². The number of aromatic nitrogens is 1. The van der Waals surface area contributed by atoms with Gasteiger partial charge in [0.25, 0.3) is 0 Å². The lowest BCUT2D eigenvalue weighted by Gasteiger charge is -2.20. The maximum Gasteiger partial charge on any atom is 0.243 e. The molecule has 3 aromatic rings. The smallest absolute Gasteiger partial charge is 0.243 e. The number of nitrogens with zero attached hydrogens (tertiary/aromatic N) is 3. The number of nitrogens with one attached hydrogen (secondary N) is 1. The van der Waals surface area contributed by atoms with Crippen LogP contribution in [0.25, 0.3) is 11.3 Å². The van der Waals surface area contributed by atoms with E-state index in [4.69, 9.17) is 0 Å². The van der Waals surface area contributed by atoms with Gasteiger partial charge in [0.1, 0.15) is 0 Å². The summed E-state index contributed by atoms with van der Waals surface area (Å²) in [5.74, 6) is 0. The van der Waals surface area contributed by atoms with Crippen molar-refractivity contribution in [1.82, 2.24) is 9.29 Å². The zero-order valence-corrected chi connectivity index (χ0v) is 18.2. The highest BCUT2D eigenvalue weighted by Gasteiger charge is 2.25. The number of thiazole rings is 1. The molecule has 0 aliphatic carbocycles. The van der Waals surface area contributed by atoms with Crippen LogP contribution in [0.1, 0.15) is 31.2 Å². The quantitative estimate of drug-likeness (QED) is 0.440. The number of hydrogen-bond donors (Lipinski definition) is 1. The normalized spacial score (nSPS) is 15.9. The molecule has 0 unspecified atom stereocenters. The standard InChI is InChI=1S/C22H24N4O2S2/c27-30(28,26-13-6-1-2-7-14-26)20-12-8-11-19(15-20)21-17-29-22(24-21)25-23-16-18-9-4-3-5-10-18/h3-5,8-12,15-17H,1-2,6-7,13-14H2,(H,24,25)/b23-16+. The van der Waals surface area contributed by atoms with Crippen molar-refractivity contribution in [3.63, 3.8) is 0 Å². The number of hydrazone groups is 1. The third kappa shape index (κ3) is 4.95. The molecule has 1 saturated heterocycles. The summed E-state index contributed by atoms with van der Waals surface area (Å²) in [6, 6.07) is 16.8. The summed E-state index contributed by atoms with van der Waals surface area (Å²) in [4.78, 5) is 4.87. The van der Waals surface area contributed by atoms with Crippen molar-refractivity contribution in [3.8, 4) is 11.3 Å². The van der Waals surface area contributed by atoms with Gasteiger partial charge in [-0.15, -0.1) is 11.3 Å². The summed E-state index contributed by atoms with van der Waals surface area (Å²) in [6.07, 6.45) is 5.75. The van der Waals surface area contributed by atoms with Crippen LogP contribution < -0.4 is 5.43 Å². The van der Waals surface area contributed by atoms with Crippen molar-refractivity contribution < 1.29 is 8.42 Å². The summed E-state index contributed by atoms with van der Waals surface area (Å²) >= 11 is 1.43. The molecule has 2 heterocycles. The van der Waals surface area contributed by atoms with E-state index in [0.717, 1.165) is 42.5 Å². The molecule has 6 nitrogen and oxygen atoms in total. The second-order valence-electron chi connectivity index (χ2n) is 7.16. The predicted molar refractivity (Wildman–Crippen MR) is 122 cm³/mol. The molecule has 1 aliphatic heterocycles. The topological polar surface area (TPSA) is 74.7 Å². The molecule has 156 valence electrons. The SMILES string of the molecule is O=S(=O)(c1cccc(-c2csc(N/N=C/c3ccccc3)n2)c1)N1CCCCCC1. The van der Waals surface area contributed by atoms with Gasteiger partial charge in [-0.3, -0.25) is 5.43 Å². The van der Waals surface area contributed by atoms with Gasteiger partial charge in [-0.05, 0) is 30.5 Å². The lowest BCUT2D eigenvalue weighted by molar-refractivity contribution is 0.424. The van der Waals surface area contributed by atoms with E-state index in [1.165, 1.54) is 11.3 Å². The number of anilines is 1. The average Bonchev–Trinajstić information content (AvgIpc) is 3.06. The van der Waals surface area contributed by atoms with Gasteiger partial charge < -0.3 is 0 Å². The summed E-state index contributed by atoms with van der Waals surface area (Å²) in [7, 11) is -3.48. The highest BCUT2D eigenvalue weighted by molar-refractivity contribution is 7.89. The van der Waals surface area contributed by atoms with Crippen LogP contribution in [0, 0.1) is 0 Å². The Hall–Kier alpha value is -2.55. The fourth-order valence-corrected chi connectivity index (χ4v) is 5.64. The van der Waals surface area contributed by atoms with Crippen LogP contribution in [0.5, 0.6) is 0 Å². The molecule has 30 heavy (non-hydrogen) atoms. The number of hydrogen-bond acceptors (Lipinski definition) is 6. The largest absolute Gasteiger partial charge is 0.253 e. The van der Waals surface area contributed by atoms with Gasteiger partial charge >= 0.3 is 0 Å². The molecular formula is C22H24N4O2S2. The van der Waals surface area contributed by atoms with Gasteiger partial charge in [0.05, 0.1) is 16.8 Å². The van der Waals surface area contributed by atoms with E-state index in [2.05, 4.69) is 15.5 Å². The lowest BCUT2D eigenvalue weighted by atomic mass is 10.2. The van der Waals surface area contributed by atoms with Crippen LogP contribution in [0.2, 0.25) is 0 Å². The number of benzene rings is 2. The summed E-state index contributed by atoms with van der Waals surface area (Å²) < 4.78 is 27.8. The molecule has 0 atom stereocenters. The first-order valence-electron chi connectivity index (χ1n) is 10.0. The minimum atomic E-state index is -3.48. The third-order valence-electron chi connectivity index (χ3n) is 5.01. The highest BCUT2D eigenvalue weighted by atomic mass is 32.2. The fraction of sp³-hybridized carbons (Fsp3) is 0.273. The first kappa shape index (κ1) is 20.7. The van der Waals surface area contributed by atoms with E-state index < -0.39 is 10.0 Å². The van der Waals surface area contributed by atoms with Gasteiger partial charge in [-0.25, -0.2) is 13.4 Å². The Labute approximate surface area is 181 Å². The molecular weight excluding hydrogens is 416 g/mol. The summed E-state index contributed by atoms with van der Waals surface area (Å²) in [6.45, 7) is 1.19.